The highest BCUT2D eigenvalue weighted by molar-refractivity contribution is 5.60. The fourth-order valence-corrected chi connectivity index (χ4v) is 1.90. The molecular formula is C13H17N5O2. The van der Waals surface area contributed by atoms with Crippen LogP contribution in [0.5, 0.6) is 0 Å². The van der Waals surface area contributed by atoms with Gasteiger partial charge in [0.1, 0.15) is 11.5 Å². The summed E-state index contributed by atoms with van der Waals surface area (Å²) in [7, 11) is 0. The number of nitrogens with one attached hydrogen (secondary N) is 2. The van der Waals surface area contributed by atoms with Gasteiger partial charge < -0.3 is 11.1 Å². The van der Waals surface area contributed by atoms with Crippen LogP contribution in [0.2, 0.25) is 0 Å². The van der Waals surface area contributed by atoms with Gasteiger partial charge >= 0.3 is 5.69 Å². The van der Waals surface area contributed by atoms with E-state index < -0.39 is 11.2 Å². The molecule has 0 saturated carbocycles. The third kappa shape index (κ3) is 2.87. The van der Waals surface area contributed by atoms with E-state index in [-0.39, 0.29) is 11.5 Å². The van der Waals surface area contributed by atoms with Gasteiger partial charge in [-0.3, -0.25) is 19.3 Å². The van der Waals surface area contributed by atoms with E-state index in [4.69, 9.17) is 5.73 Å². The fraction of sp³-hybridized carbons (Fsp3) is 0.308. The minimum Gasteiger partial charge on any atom is -0.383 e. The van der Waals surface area contributed by atoms with E-state index in [1.807, 2.05) is 19.1 Å². The molecule has 0 aromatic carbocycles. The highest BCUT2D eigenvalue weighted by Gasteiger charge is 2.11. The van der Waals surface area contributed by atoms with Crippen LogP contribution in [0.1, 0.15) is 18.9 Å². The molecule has 7 heteroatoms. The maximum absolute atomic E-state index is 11.8. The lowest BCUT2D eigenvalue weighted by molar-refractivity contribution is 0.642. The maximum atomic E-state index is 11.8. The van der Waals surface area contributed by atoms with Crippen LogP contribution in [-0.2, 0) is 13.1 Å². The van der Waals surface area contributed by atoms with E-state index in [2.05, 4.69) is 15.3 Å². The molecule has 2 aromatic rings. The third-order valence-electron chi connectivity index (χ3n) is 2.91. The topological polar surface area (TPSA) is 106 Å². The van der Waals surface area contributed by atoms with Crippen LogP contribution in [0.15, 0.2) is 34.1 Å². The minimum atomic E-state index is -0.506. The molecule has 106 valence electrons. The summed E-state index contributed by atoms with van der Waals surface area (Å²) < 4.78 is 1.36. The van der Waals surface area contributed by atoms with Crippen LogP contribution in [0.3, 0.4) is 0 Å². The number of rotatable bonds is 5. The summed E-state index contributed by atoms with van der Waals surface area (Å²) in [5, 5.41) is 2.97. The van der Waals surface area contributed by atoms with Crippen molar-refractivity contribution in [3.8, 4) is 0 Å². The summed E-state index contributed by atoms with van der Waals surface area (Å²) in [4.78, 5) is 29.7. The van der Waals surface area contributed by atoms with E-state index in [1.54, 1.807) is 12.4 Å². The first kappa shape index (κ1) is 13.9. The normalized spacial score (nSPS) is 10.4. The lowest BCUT2D eigenvalue weighted by Gasteiger charge is -2.13. The number of nitrogens with two attached hydrogens (primary N) is 1. The fourth-order valence-electron chi connectivity index (χ4n) is 1.90. The molecule has 2 rings (SSSR count). The van der Waals surface area contributed by atoms with Crippen molar-refractivity contribution in [2.45, 2.75) is 26.4 Å². The Labute approximate surface area is 115 Å². The maximum Gasteiger partial charge on any atom is 0.330 e. The Morgan fingerprint density at radius 1 is 1.35 bits per heavy atom. The third-order valence-corrected chi connectivity index (χ3v) is 2.91. The van der Waals surface area contributed by atoms with Crippen LogP contribution in [-0.4, -0.2) is 14.5 Å². The summed E-state index contributed by atoms with van der Waals surface area (Å²) in [6.45, 7) is 2.83. The molecule has 0 amide bonds. The molecule has 0 radical (unpaired) electrons. The summed E-state index contributed by atoms with van der Waals surface area (Å²) in [5.41, 5.74) is 6.10. The van der Waals surface area contributed by atoms with Crippen molar-refractivity contribution in [1.29, 1.82) is 0 Å². The summed E-state index contributed by atoms with van der Waals surface area (Å²) in [6, 6.07) is 3.67. The number of anilines is 2. The number of nitrogen functional groups attached to an aromatic ring is 1. The number of hydrogen-bond donors (Lipinski definition) is 3. The second-order valence-corrected chi connectivity index (χ2v) is 4.38. The standard InChI is InChI=1S/C13H17N5O2/c1-2-7-18-11(14)10(12(19)17-13(18)20)16-8-9-3-5-15-6-4-9/h3-6,16H,2,7-8,14H2,1H3,(H,17,19,20). The smallest absolute Gasteiger partial charge is 0.330 e. The first-order valence-corrected chi connectivity index (χ1v) is 6.38. The number of H-pyrrole nitrogens is 1. The Hall–Kier alpha value is -2.57. The van der Waals surface area contributed by atoms with Gasteiger partial charge in [-0.05, 0) is 24.1 Å². The van der Waals surface area contributed by atoms with Gasteiger partial charge in [0.2, 0.25) is 0 Å². The Bertz CT molecular complexity index is 690. The van der Waals surface area contributed by atoms with Crippen LogP contribution < -0.4 is 22.3 Å². The summed E-state index contributed by atoms with van der Waals surface area (Å²) >= 11 is 0. The van der Waals surface area contributed by atoms with Crippen LogP contribution >= 0.6 is 0 Å². The molecule has 7 nitrogen and oxygen atoms in total. The van der Waals surface area contributed by atoms with Crippen molar-refractivity contribution in [1.82, 2.24) is 14.5 Å². The summed E-state index contributed by atoms with van der Waals surface area (Å²) in [6.07, 6.45) is 4.09. The molecule has 0 aliphatic rings. The van der Waals surface area contributed by atoms with Crippen LogP contribution in [0, 0.1) is 0 Å². The van der Waals surface area contributed by atoms with E-state index in [0.29, 0.717) is 13.1 Å². The minimum absolute atomic E-state index is 0.162. The highest BCUT2D eigenvalue weighted by atomic mass is 16.2. The van der Waals surface area contributed by atoms with E-state index in [9.17, 15) is 9.59 Å². The lowest BCUT2D eigenvalue weighted by Crippen LogP contribution is -2.34. The van der Waals surface area contributed by atoms with E-state index in [1.165, 1.54) is 4.57 Å². The van der Waals surface area contributed by atoms with Gasteiger partial charge in [0.25, 0.3) is 5.56 Å². The second kappa shape index (κ2) is 6.05. The Morgan fingerprint density at radius 3 is 2.70 bits per heavy atom. The van der Waals surface area contributed by atoms with Crippen LogP contribution in [0.25, 0.3) is 0 Å². The number of hydrogen-bond acceptors (Lipinski definition) is 5. The Morgan fingerprint density at radius 2 is 2.05 bits per heavy atom. The van der Waals surface area contributed by atoms with Crippen molar-refractivity contribution >= 4 is 11.5 Å². The number of aromatic nitrogens is 3. The van der Waals surface area contributed by atoms with Crippen molar-refractivity contribution in [2.24, 2.45) is 0 Å². The molecule has 0 saturated heterocycles. The molecule has 0 spiro atoms. The molecule has 0 atom stereocenters. The first-order chi connectivity index (χ1) is 9.63. The molecule has 2 aromatic heterocycles. The first-order valence-electron chi connectivity index (χ1n) is 6.38. The Balaban J connectivity index is 2.30. The molecular weight excluding hydrogens is 258 g/mol. The molecule has 20 heavy (non-hydrogen) atoms. The molecule has 2 heterocycles. The van der Waals surface area contributed by atoms with Crippen LogP contribution in [0.4, 0.5) is 11.5 Å². The number of nitrogens with zero attached hydrogens (tertiary/aromatic N) is 2. The monoisotopic (exact) mass is 275 g/mol. The predicted octanol–water partition coefficient (Wildman–Crippen LogP) is 0.536. The Kier molecular flexibility index (Phi) is 4.19. The number of pyridine rings is 1. The van der Waals surface area contributed by atoms with Gasteiger partial charge in [-0.2, -0.15) is 0 Å². The quantitative estimate of drug-likeness (QED) is 0.738. The SMILES string of the molecule is CCCn1c(N)c(NCc2ccncc2)c(=O)[nH]c1=O. The zero-order valence-corrected chi connectivity index (χ0v) is 11.2. The van der Waals surface area contributed by atoms with Gasteiger partial charge in [0, 0.05) is 25.5 Å². The van der Waals surface area contributed by atoms with Crippen molar-refractivity contribution < 1.29 is 0 Å². The zero-order valence-electron chi connectivity index (χ0n) is 11.2. The molecule has 0 aliphatic carbocycles. The van der Waals surface area contributed by atoms with Gasteiger partial charge in [-0.1, -0.05) is 6.92 Å². The zero-order chi connectivity index (χ0) is 14.5. The average molecular weight is 275 g/mol. The second-order valence-electron chi connectivity index (χ2n) is 4.38. The highest BCUT2D eigenvalue weighted by Crippen LogP contribution is 2.11. The van der Waals surface area contributed by atoms with Gasteiger partial charge in [-0.25, -0.2) is 4.79 Å². The van der Waals surface area contributed by atoms with Crippen molar-refractivity contribution in [3.63, 3.8) is 0 Å². The molecule has 0 bridgehead atoms. The predicted molar refractivity (Wildman–Crippen MR) is 77.6 cm³/mol. The largest absolute Gasteiger partial charge is 0.383 e. The molecule has 0 fully saturated rings. The van der Waals surface area contributed by atoms with Gasteiger partial charge in [0.05, 0.1) is 0 Å². The summed E-state index contributed by atoms with van der Waals surface area (Å²) in [5.74, 6) is 0.162. The van der Waals surface area contributed by atoms with Crippen molar-refractivity contribution in [2.75, 3.05) is 11.1 Å². The lowest BCUT2D eigenvalue weighted by atomic mass is 10.2. The average Bonchev–Trinajstić information content (AvgIpc) is 2.44. The van der Waals surface area contributed by atoms with Gasteiger partial charge in [0.15, 0.2) is 0 Å². The van der Waals surface area contributed by atoms with Crippen molar-refractivity contribution in [3.05, 3.63) is 50.9 Å². The van der Waals surface area contributed by atoms with E-state index in [0.717, 1.165) is 12.0 Å². The molecule has 4 N–H and O–H groups in total. The molecule has 0 aliphatic heterocycles. The van der Waals surface area contributed by atoms with E-state index >= 15 is 0 Å². The number of aromatic amines is 1. The molecule has 0 unspecified atom stereocenters. The van der Waals surface area contributed by atoms with Gasteiger partial charge in [-0.15, -0.1) is 0 Å².